The van der Waals surface area contributed by atoms with E-state index in [9.17, 15) is 13.2 Å². The lowest BCUT2D eigenvalue weighted by molar-refractivity contribution is -0.144. The van der Waals surface area contributed by atoms with E-state index in [1.54, 1.807) is 18.2 Å². The molecule has 0 bridgehead atoms. The Labute approximate surface area is 123 Å². The van der Waals surface area contributed by atoms with Crippen LogP contribution in [-0.2, 0) is 6.18 Å². The van der Waals surface area contributed by atoms with E-state index in [4.69, 9.17) is 16.3 Å². The number of anilines is 2. The zero-order chi connectivity index (χ0) is 15.6. The van der Waals surface area contributed by atoms with Crippen molar-refractivity contribution in [3.05, 3.63) is 40.8 Å². The molecule has 112 valence electrons. The zero-order valence-electron chi connectivity index (χ0n) is 11.1. The van der Waals surface area contributed by atoms with Crippen LogP contribution in [0.1, 0.15) is 11.4 Å². The summed E-state index contributed by atoms with van der Waals surface area (Å²) in [5.74, 6) is -0.646. The van der Waals surface area contributed by atoms with E-state index >= 15 is 0 Å². The van der Waals surface area contributed by atoms with Crippen molar-refractivity contribution in [1.82, 2.24) is 9.97 Å². The molecule has 0 atom stereocenters. The third-order valence-electron chi connectivity index (χ3n) is 2.62. The summed E-state index contributed by atoms with van der Waals surface area (Å²) < 4.78 is 43.0. The summed E-state index contributed by atoms with van der Waals surface area (Å²) in [5, 5.41) is 2.47. The van der Waals surface area contributed by atoms with Gasteiger partial charge in [0.15, 0.2) is 0 Å². The number of aromatic nitrogens is 2. The quantitative estimate of drug-likeness (QED) is 0.861. The molecule has 0 aliphatic carbocycles. The Kier molecular flexibility index (Phi) is 4.22. The van der Waals surface area contributed by atoms with Crippen LogP contribution in [0, 0.1) is 6.92 Å². The SMILES string of the molecule is COc1ccc(Nc2cc(Cl)nc(C(F)(F)F)n2)cc1C. The number of benzene rings is 1. The predicted octanol–water partition coefficient (Wildman–Crippen LogP) is 4.21. The number of halogens is 4. The molecule has 0 aliphatic rings. The fourth-order valence-electron chi connectivity index (χ4n) is 1.71. The number of hydrogen-bond acceptors (Lipinski definition) is 4. The van der Waals surface area contributed by atoms with Gasteiger partial charge in [0, 0.05) is 11.8 Å². The van der Waals surface area contributed by atoms with Crippen molar-refractivity contribution in [2.45, 2.75) is 13.1 Å². The van der Waals surface area contributed by atoms with Crippen LogP contribution in [0.5, 0.6) is 5.75 Å². The maximum Gasteiger partial charge on any atom is 0.451 e. The molecule has 1 heterocycles. The van der Waals surface area contributed by atoms with Gasteiger partial charge >= 0.3 is 6.18 Å². The predicted molar refractivity (Wildman–Crippen MR) is 73.1 cm³/mol. The van der Waals surface area contributed by atoms with Gasteiger partial charge in [-0.3, -0.25) is 0 Å². The molecule has 8 heteroatoms. The van der Waals surface area contributed by atoms with Gasteiger partial charge in [-0.05, 0) is 30.7 Å². The van der Waals surface area contributed by atoms with Gasteiger partial charge in [-0.1, -0.05) is 11.6 Å². The molecule has 0 unspecified atom stereocenters. The number of ether oxygens (including phenoxy) is 1. The highest BCUT2D eigenvalue weighted by Gasteiger charge is 2.35. The van der Waals surface area contributed by atoms with E-state index in [-0.39, 0.29) is 11.0 Å². The second kappa shape index (κ2) is 5.77. The van der Waals surface area contributed by atoms with Gasteiger partial charge in [-0.2, -0.15) is 13.2 Å². The molecule has 0 fully saturated rings. The molecule has 0 saturated heterocycles. The van der Waals surface area contributed by atoms with Gasteiger partial charge in [0.1, 0.15) is 16.7 Å². The van der Waals surface area contributed by atoms with E-state index in [0.717, 1.165) is 5.56 Å². The van der Waals surface area contributed by atoms with Crippen molar-refractivity contribution in [3.63, 3.8) is 0 Å². The summed E-state index contributed by atoms with van der Waals surface area (Å²) in [5.41, 5.74) is 1.40. The van der Waals surface area contributed by atoms with Gasteiger partial charge in [-0.15, -0.1) is 0 Å². The van der Waals surface area contributed by atoms with Crippen LogP contribution < -0.4 is 10.1 Å². The lowest BCUT2D eigenvalue weighted by Gasteiger charge is -2.11. The molecule has 4 nitrogen and oxygen atoms in total. The zero-order valence-corrected chi connectivity index (χ0v) is 11.9. The van der Waals surface area contributed by atoms with Gasteiger partial charge in [0.05, 0.1) is 7.11 Å². The van der Waals surface area contributed by atoms with Crippen molar-refractivity contribution in [2.24, 2.45) is 0 Å². The average Bonchev–Trinajstić information content (AvgIpc) is 2.37. The van der Waals surface area contributed by atoms with Crippen molar-refractivity contribution in [1.29, 1.82) is 0 Å². The Balaban J connectivity index is 2.31. The van der Waals surface area contributed by atoms with Crippen LogP contribution in [0.25, 0.3) is 0 Å². The number of rotatable bonds is 3. The van der Waals surface area contributed by atoms with Crippen LogP contribution >= 0.6 is 11.6 Å². The topological polar surface area (TPSA) is 47.0 Å². The lowest BCUT2D eigenvalue weighted by Crippen LogP contribution is -2.12. The maximum absolute atomic E-state index is 12.6. The van der Waals surface area contributed by atoms with E-state index in [1.807, 2.05) is 6.92 Å². The fraction of sp³-hybridized carbons (Fsp3) is 0.231. The highest BCUT2D eigenvalue weighted by molar-refractivity contribution is 6.29. The molecule has 0 radical (unpaired) electrons. The second-order valence-corrected chi connectivity index (χ2v) is 4.59. The fourth-order valence-corrected chi connectivity index (χ4v) is 1.90. The third-order valence-corrected chi connectivity index (χ3v) is 2.81. The van der Waals surface area contributed by atoms with Crippen molar-refractivity contribution < 1.29 is 17.9 Å². The Morgan fingerprint density at radius 2 is 1.90 bits per heavy atom. The highest BCUT2D eigenvalue weighted by Crippen LogP contribution is 2.29. The van der Waals surface area contributed by atoms with E-state index < -0.39 is 12.0 Å². The molecule has 1 aromatic carbocycles. The first-order chi connectivity index (χ1) is 9.79. The van der Waals surface area contributed by atoms with Gasteiger partial charge < -0.3 is 10.1 Å². The summed E-state index contributed by atoms with van der Waals surface area (Å²) in [6, 6.07) is 6.30. The number of hydrogen-bond donors (Lipinski definition) is 1. The monoisotopic (exact) mass is 317 g/mol. The van der Waals surface area contributed by atoms with Crippen molar-refractivity contribution >= 4 is 23.1 Å². The molecule has 2 rings (SSSR count). The normalized spacial score (nSPS) is 11.3. The van der Waals surface area contributed by atoms with Gasteiger partial charge in [0.25, 0.3) is 0 Å². The number of methoxy groups -OCH3 is 1. The third kappa shape index (κ3) is 3.75. The standard InChI is InChI=1S/C13H11ClF3N3O/c1-7-5-8(3-4-9(7)21-2)18-11-6-10(14)19-12(20-11)13(15,16)17/h3-6H,1-2H3,(H,18,19,20). The summed E-state index contributed by atoms with van der Waals surface area (Å²) in [7, 11) is 1.54. The minimum absolute atomic E-state index is 0.0353. The van der Waals surface area contributed by atoms with E-state index in [0.29, 0.717) is 11.4 Å². The van der Waals surface area contributed by atoms with E-state index in [2.05, 4.69) is 15.3 Å². The van der Waals surface area contributed by atoms with Gasteiger partial charge in [0.2, 0.25) is 5.82 Å². The molecule has 0 aliphatic heterocycles. The molecule has 2 aromatic rings. The van der Waals surface area contributed by atoms with E-state index in [1.165, 1.54) is 13.2 Å². The Morgan fingerprint density at radius 1 is 1.19 bits per heavy atom. The smallest absolute Gasteiger partial charge is 0.451 e. The van der Waals surface area contributed by atoms with Gasteiger partial charge in [-0.25, -0.2) is 9.97 Å². The highest BCUT2D eigenvalue weighted by atomic mass is 35.5. The molecule has 21 heavy (non-hydrogen) atoms. The number of aryl methyl sites for hydroxylation is 1. The van der Waals surface area contributed by atoms with Crippen molar-refractivity contribution in [2.75, 3.05) is 12.4 Å². The summed E-state index contributed by atoms with van der Waals surface area (Å²) in [6.07, 6.45) is -4.66. The second-order valence-electron chi connectivity index (χ2n) is 4.21. The molecule has 0 amide bonds. The van der Waals surface area contributed by atoms with Crippen LogP contribution in [0.15, 0.2) is 24.3 Å². The Bertz CT molecular complexity index is 662. The van der Waals surface area contributed by atoms with Crippen LogP contribution in [0.3, 0.4) is 0 Å². The molecule has 1 N–H and O–H groups in total. The molecule has 0 spiro atoms. The molecule has 0 saturated carbocycles. The lowest BCUT2D eigenvalue weighted by atomic mass is 10.2. The van der Waals surface area contributed by atoms with Crippen molar-refractivity contribution in [3.8, 4) is 5.75 Å². The molecular weight excluding hydrogens is 307 g/mol. The minimum atomic E-state index is -4.66. The first-order valence-corrected chi connectivity index (χ1v) is 6.21. The summed E-state index contributed by atoms with van der Waals surface area (Å²) >= 11 is 5.59. The first kappa shape index (κ1) is 15.4. The number of alkyl halides is 3. The van der Waals surface area contributed by atoms with Crippen LogP contribution in [0.2, 0.25) is 5.15 Å². The first-order valence-electron chi connectivity index (χ1n) is 5.83. The average molecular weight is 318 g/mol. The largest absolute Gasteiger partial charge is 0.496 e. The minimum Gasteiger partial charge on any atom is -0.496 e. The maximum atomic E-state index is 12.6. The number of nitrogens with one attached hydrogen (secondary N) is 1. The van der Waals surface area contributed by atoms with Crippen LogP contribution in [-0.4, -0.2) is 17.1 Å². The number of nitrogens with zero attached hydrogens (tertiary/aromatic N) is 2. The summed E-state index contributed by atoms with van der Waals surface area (Å²) in [6.45, 7) is 1.82. The Hall–Kier alpha value is -2.02. The Morgan fingerprint density at radius 3 is 2.48 bits per heavy atom. The summed E-state index contributed by atoms with van der Waals surface area (Å²) in [4.78, 5) is 6.57. The van der Waals surface area contributed by atoms with Crippen LogP contribution in [0.4, 0.5) is 24.7 Å². The molecule has 1 aromatic heterocycles. The molecular formula is C13H11ClF3N3O.